The minimum Gasteiger partial charge on any atom is -0.375 e. The highest BCUT2D eigenvalue weighted by molar-refractivity contribution is 7.80. The number of anilines is 2. The Balaban J connectivity index is 2.00. The lowest BCUT2D eigenvalue weighted by Crippen LogP contribution is -2.35. The number of nitrogens with one attached hydrogen (secondary N) is 2. The van der Waals surface area contributed by atoms with Crippen LogP contribution in [0, 0.1) is 26.1 Å². The molecule has 15 heteroatoms. The maximum atomic E-state index is 13.1. The normalized spacial score (nSPS) is 16.5. The fourth-order valence-corrected chi connectivity index (χ4v) is 3.00. The molecule has 0 aromatic heterocycles. The van der Waals surface area contributed by atoms with Crippen LogP contribution in [0.5, 0.6) is 0 Å². The Kier molecular flexibility index (Phi) is 6.34. The van der Waals surface area contributed by atoms with E-state index in [9.17, 15) is 34.6 Å². The number of benzene rings is 2. The predicted molar refractivity (Wildman–Crippen MR) is 118 cm³/mol. The molecule has 168 valence electrons. The molecule has 14 nitrogen and oxygen atoms in total. The smallest absolute Gasteiger partial charge is 0.282 e. The third-order valence-corrected chi connectivity index (χ3v) is 4.43. The van der Waals surface area contributed by atoms with Gasteiger partial charge >= 0.3 is 0 Å². The summed E-state index contributed by atoms with van der Waals surface area (Å²) >= 11 is 4.63. The third kappa shape index (κ3) is 4.77. The minimum absolute atomic E-state index is 0.00935. The Morgan fingerprint density at radius 2 is 1.67 bits per heavy atom. The van der Waals surface area contributed by atoms with E-state index in [1.807, 2.05) is 0 Å². The van der Waals surface area contributed by atoms with Gasteiger partial charge in [0.05, 0.1) is 15.5 Å². The van der Waals surface area contributed by atoms with Gasteiger partial charge in [0.2, 0.25) is 5.91 Å². The van der Waals surface area contributed by atoms with Crippen molar-refractivity contribution in [2.24, 2.45) is 16.8 Å². The third-order valence-electron chi connectivity index (χ3n) is 4.33. The van der Waals surface area contributed by atoms with Crippen LogP contribution in [-0.2, 0) is 14.4 Å². The van der Waals surface area contributed by atoms with Crippen molar-refractivity contribution >= 4 is 63.5 Å². The molecule has 2 aromatic carbocycles. The Labute approximate surface area is 189 Å². The largest absolute Gasteiger partial charge is 0.375 e. The molecule has 0 unspecified atom stereocenters. The van der Waals surface area contributed by atoms with Crippen LogP contribution in [0.4, 0.5) is 22.7 Å². The Morgan fingerprint density at radius 3 is 2.27 bits per heavy atom. The quantitative estimate of drug-likeness (QED) is 0.178. The van der Waals surface area contributed by atoms with Gasteiger partial charge in [-0.15, -0.1) is 0 Å². The molecule has 1 aliphatic heterocycles. The van der Waals surface area contributed by atoms with Crippen molar-refractivity contribution in [3.63, 3.8) is 0 Å². The van der Waals surface area contributed by atoms with Gasteiger partial charge in [0.1, 0.15) is 5.71 Å². The molecule has 4 N–H and O–H groups in total. The second-order valence-electron chi connectivity index (χ2n) is 6.46. The average molecular weight is 471 g/mol. The van der Waals surface area contributed by atoms with Crippen molar-refractivity contribution in [2.45, 2.75) is 0 Å². The number of nitrogens with two attached hydrogens (primary N) is 1. The topological polar surface area (TPSA) is 203 Å². The van der Waals surface area contributed by atoms with E-state index in [2.05, 4.69) is 28.1 Å². The SMILES string of the molecule is NC(=S)N/N=C1\C(=O)N(c2cccc([N+](=O)[O-])c2)C(=O)[C@@H]1C(=O)Nc1cccc([N+](=O)[O-])c1. The van der Waals surface area contributed by atoms with Crippen molar-refractivity contribution < 1.29 is 24.2 Å². The van der Waals surface area contributed by atoms with Gasteiger partial charge in [-0.25, -0.2) is 4.90 Å². The lowest BCUT2D eigenvalue weighted by atomic mass is 10.0. The van der Waals surface area contributed by atoms with Gasteiger partial charge in [0.25, 0.3) is 23.2 Å². The van der Waals surface area contributed by atoms with Gasteiger partial charge in [-0.2, -0.15) is 5.10 Å². The first-order chi connectivity index (χ1) is 15.6. The summed E-state index contributed by atoms with van der Waals surface area (Å²) in [7, 11) is 0. The molecular formula is C18H13N7O7S. The summed E-state index contributed by atoms with van der Waals surface area (Å²) in [6.07, 6.45) is 0. The summed E-state index contributed by atoms with van der Waals surface area (Å²) < 4.78 is 0. The number of nitro benzene ring substituents is 2. The van der Waals surface area contributed by atoms with Gasteiger partial charge in [0, 0.05) is 30.0 Å². The van der Waals surface area contributed by atoms with E-state index in [1.54, 1.807) is 0 Å². The summed E-state index contributed by atoms with van der Waals surface area (Å²) in [6, 6.07) is 9.57. The highest BCUT2D eigenvalue weighted by Gasteiger charge is 2.50. The van der Waals surface area contributed by atoms with Crippen LogP contribution in [0.3, 0.4) is 0 Å². The number of nitro groups is 2. The number of imide groups is 1. The number of rotatable bonds is 6. The van der Waals surface area contributed by atoms with Crippen molar-refractivity contribution in [1.82, 2.24) is 5.43 Å². The number of carbonyl (C=O) groups excluding carboxylic acids is 3. The van der Waals surface area contributed by atoms with Crippen molar-refractivity contribution in [2.75, 3.05) is 10.2 Å². The maximum Gasteiger partial charge on any atom is 0.282 e. The molecule has 3 rings (SSSR count). The first-order valence-corrected chi connectivity index (χ1v) is 9.32. The number of amides is 3. The Hall–Kier alpha value is -4.79. The molecule has 0 radical (unpaired) electrons. The summed E-state index contributed by atoms with van der Waals surface area (Å²) in [5.74, 6) is -4.90. The van der Waals surface area contributed by atoms with E-state index in [4.69, 9.17) is 5.73 Å². The molecular weight excluding hydrogens is 458 g/mol. The fourth-order valence-electron chi connectivity index (χ4n) is 2.95. The summed E-state index contributed by atoms with van der Waals surface area (Å²) in [6.45, 7) is 0. The first kappa shape index (κ1) is 22.9. The highest BCUT2D eigenvalue weighted by Crippen LogP contribution is 2.29. The molecule has 3 amide bonds. The van der Waals surface area contributed by atoms with Gasteiger partial charge in [-0.3, -0.25) is 40.0 Å². The number of hydrogen-bond acceptors (Lipinski definition) is 9. The molecule has 0 saturated carbocycles. The Morgan fingerprint density at radius 1 is 1.06 bits per heavy atom. The van der Waals surface area contributed by atoms with Crippen molar-refractivity contribution in [3.8, 4) is 0 Å². The molecule has 0 spiro atoms. The summed E-state index contributed by atoms with van der Waals surface area (Å²) in [4.78, 5) is 60.1. The summed E-state index contributed by atoms with van der Waals surface area (Å²) in [5.41, 5.74) is 5.98. The molecule has 33 heavy (non-hydrogen) atoms. The zero-order valence-corrected chi connectivity index (χ0v) is 17.1. The van der Waals surface area contributed by atoms with Gasteiger partial charge in [0.15, 0.2) is 11.0 Å². The molecule has 0 bridgehead atoms. The molecule has 1 fully saturated rings. The van der Waals surface area contributed by atoms with E-state index in [-0.39, 0.29) is 22.2 Å². The molecule has 2 aromatic rings. The molecule has 1 atom stereocenters. The molecule has 0 aliphatic carbocycles. The van der Waals surface area contributed by atoms with Gasteiger partial charge in [-0.05, 0) is 24.4 Å². The lowest BCUT2D eigenvalue weighted by Gasteiger charge is -2.14. The van der Waals surface area contributed by atoms with E-state index >= 15 is 0 Å². The number of nitrogens with zero attached hydrogens (tertiary/aromatic N) is 4. The van der Waals surface area contributed by atoms with Crippen LogP contribution in [0.15, 0.2) is 53.6 Å². The summed E-state index contributed by atoms with van der Waals surface area (Å²) in [5, 5.41) is 27.7. The average Bonchev–Trinajstić information content (AvgIpc) is 3.01. The standard InChI is InChI=1S/C18H13N7O7S/c19-18(33)22-21-14-13(15(26)20-9-3-1-5-11(7-9)24(29)30)16(27)23(17(14)28)10-4-2-6-12(8-10)25(31)32/h1-8,13H,(H,20,26)(H3,19,22,33)/b21-14-/t13-/m0/s1. The molecule has 1 saturated heterocycles. The van der Waals surface area contributed by atoms with Crippen LogP contribution >= 0.6 is 12.2 Å². The predicted octanol–water partition coefficient (Wildman–Crippen LogP) is 0.820. The number of non-ortho nitro benzene ring substituents is 2. The number of hydrazone groups is 1. The van der Waals surface area contributed by atoms with Crippen LogP contribution in [0.2, 0.25) is 0 Å². The molecule has 1 heterocycles. The van der Waals surface area contributed by atoms with Crippen LogP contribution in [0.25, 0.3) is 0 Å². The van der Waals surface area contributed by atoms with E-state index in [0.29, 0.717) is 4.90 Å². The zero-order valence-electron chi connectivity index (χ0n) is 16.3. The number of thiocarbonyl (C=S) groups is 1. The van der Waals surface area contributed by atoms with Crippen molar-refractivity contribution in [1.29, 1.82) is 0 Å². The number of carbonyl (C=O) groups is 3. The monoisotopic (exact) mass is 471 g/mol. The van der Waals surface area contributed by atoms with Crippen LogP contribution < -0.4 is 21.4 Å². The van der Waals surface area contributed by atoms with Gasteiger partial charge in [-0.1, -0.05) is 12.1 Å². The number of hydrogen-bond donors (Lipinski definition) is 3. The van der Waals surface area contributed by atoms with Gasteiger partial charge < -0.3 is 11.1 Å². The minimum atomic E-state index is -1.79. The van der Waals surface area contributed by atoms with E-state index in [1.165, 1.54) is 30.3 Å². The van der Waals surface area contributed by atoms with Crippen LogP contribution in [-0.4, -0.2) is 38.4 Å². The van der Waals surface area contributed by atoms with E-state index in [0.717, 1.165) is 18.2 Å². The second kappa shape index (κ2) is 9.15. The first-order valence-electron chi connectivity index (χ1n) is 8.91. The Bertz CT molecular complexity index is 1250. The van der Waals surface area contributed by atoms with Crippen molar-refractivity contribution in [3.05, 3.63) is 68.8 Å². The lowest BCUT2D eigenvalue weighted by molar-refractivity contribution is -0.385. The maximum absolute atomic E-state index is 13.1. The zero-order chi connectivity index (χ0) is 24.3. The second-order valence-corrected chi connectivity index (χ2v) is 6.90. The molecule has 1 aliphatic rings. The fraction of sp³-hybridized carbons (Fsp3) is 0.0556. The highest BCUT2D eigenvalue weighted by atomic mass is 32.1. The van der Waals surface area contributed by atoms with E-state index < -0.39 is 44.9 Å². The van der Waals surface area contributed by atoms with Crippen LogP contribution in [0.1, 0.15) is 0 Å².